The molecule has 2 N–H and O–H groups in total. The second-order valence-corrected chi connectivity index (χ2v) is 7.08. The molecule has 30 heavy (non-hydrogen) atoms. The first-order valence-electron chi connectivity index (χ1n) is 9.73. The number of nitrogens with zero attached hydrogens (tertiary/aromatic N) is 2. The highest BCUT2D eigenvalue weighted by Gasteiger charge is 2.36. The van der Waals surface area contributed by atoms with Crippen molar-refractivity contribution in [1.82, 2.24) is 15.5 Å². The standard InChI is InChI=1S/C20H27F3N4O3/c1-4-24-19(27-11-13(2)16(12-27)18(29)30-3)26-10-9-25-17(28)14-5-7-15(8-6-14)20(21,22)23/h5-8,13,16H,4,9-12H2,1-3H3,(H,24,26)(H,25,28). The molecule has 1 aromatic rings. The van der Waals surface area contributed by atoms with Gasteiger partial charge in [0, 0.05) is 31.7 Å². The van der Waals surface area contributed by atoms with Gasteiger partial charge in [0.05, 0.1) is 25.1 Å². The number of carbonyl (C=O) groups is 2. The van der Waals surface area contributed by atoms with Crippen molar-refractivity contribution < 1.29 is 27.5 Å². The lowest BCUT2D eigenvalue weighted by Gasteiger charge is -2.21. The summed E-state index contributed by atoms with van der Waals surface area (Å²) >= 11 is 0. The lowest BCUT2D eigenvalue weighted by atomic mass is 9.99. The molecule has 2 rings (SSSR count). The molecule has 0 spiro atoms. The highest BCUT2D eigenvalue weighted by Crippen LogP contribution is 2.29. The summed E-state index contributed by atoms with van der Waals surface area (Å²) in [6, 6.07) is 4.04. The Balaban J connectivity index is 1.90. The lowest BCUT2D eigenvalue weighted by Crippen LogP contribution is -2.41. The Labute approximate surface area is 173 Å². The number of carbonyl (C=O) groups excluding carboxylic acids is 2. The van der Waals surface area contributed by atoms with E-state index in [1.807, 2.05) is 18.7 Å². The van der Waals surface area contributed by atoms with Gasteiger partial charge in [-0.25, -0.2) is 0 Å². The Kier molecular flexibility index (Phi) is 8.08. The van der Waals surface area contributed by atoms with E-state index in [1.165, 1.54) is 7.11 Å². The molecular formula is C20H27F3N4O3. The van der Waals surface area contributed by atoms with Crippen molar-refractivity contribution in [3.05, 3.63) is 35.4 Å². The van der Waals surface area contributed by atoms with E-state index in [0.717, 1.165) is 24.3 Å². The summed E-state index contributed by atoms with van der Waals surface area (Å²) in [7, 11) is 1.37. The van der Waals surface area contributed by atoms with Crippen LogP contribution in [0.25, 0.3) is 0 Å². The molecule has 0 radical (unpaired) electrons. The van der Waals surface area contributed by atoms with Crippen LogP contribution in [0.15, 0.2) is 29.3 Å². The molecule has 2 unspecified atom stereocenters. The molecule has 166 valence electrons. The zero-order valence-electron chi connectivity index (χ0n) is 17.3. The molecule has 1 aliphatic heterocycles. The molecule has 1 aliphatic rings. The lowest BCUT2D eigenvalue weighted by molar-refractivity contribution is -0.146. The third-order valence-electron chi connectivity index (χ3n) is 4.88. The van der Waals surface area contributed by atoms with Gasteiger partial charge < -0.3 is 20.3 Å². The molecule has 0 bridgehead atoms. The van der Waals surface area contributed by atoms with E-state index < -0.39 is 17.6 Å². The van der Waals surface area contributed by atoms with E-state index in [4.69, 9.17) is 4.74 Å². The number of esters is 1. The number of hydrogen-bond donors (Lipinski definition) is 2. The van der Waals surface area contributed by atoms with Crippen molar-refractivity contribution in [2.24, 2.45) is 16.8 Å². The van der Waals surface area contributed by atoms with Gasteiger partial charge >= 0.3 is 12.1 Å². The van der Waals surface area contributed by atoms with Crippen LogP contribution in [0.5, 0.6) is 0 Å². The third kappa shape index (κ3) is 6.11. The highest BCUT2D eigenvalue weighted by molar-refractivity contribution is 5.94. The number of likely N-dealkylation sites (tertiary alicyclic amines) is 1. The SMILES string of the molecule is CCNC(=NCCNC(=O)c1ccc(C(F)(F)F)cc1)N1CC(C)C(C(=O)OC)C1. The van der Waals surface area contributed by atoms with Crippen LogP contribution in [0.1, 0.15) is 29.8 Å². The number of guanidine groups is 1. The first kappa shape index (κ1) is 23.5. The predicted octanol–water partition coefficient (Wildman–Crippen LogP) is 2.14. The fourth-order valence-corrected chi connectivity index (χ4v) is 3.27. The number of rotatable bonds is 6. The Morgan fingerprint density at radius 1 is 1.20 bits per heavy atom. The summed E-state index contributed by atoms with van der Waals surface area (Å²) in [6.07, 6.45) is -4.44. The Morgan fingerprint density at radius 3 is 2.43 bits per heavy atom. The van der Waals surface area contributed by atoms with E-state index in [1.54, 1.807) is 0 Å². The van der Waals surface area contributed by atoms with Gasteiger partial charge in [-0.15, -0.1) is 0 Å². The molecule has 1 heterocycles. The van der Waals surface area contributed by atoms with Gasteiger partial charge in [0.25, 0.3) is 5.91 Å². The second kappa shape index (κ2) is 10.3. The Bertz CT molecular complexity index is 766. The number of methoxy groups -OCH3 is 1. The quantitative estimate of drug-likeness (QED) is 0.314. The van der Waals surface area contributed by atoms with E-state index in [0.29, 0.717) is 25.6 Å². The molecule has 1 saturated heterocycles. The monoisotopic (exact) mass is 428 g/mol. The largest absolute Gasteiger partial charge is 0.469 e. The fourth-order valence-electron chi connectivity index (χ4n) is 3.27. The Hall–Kier alpha value is -2.78. The maximum absolute atomic E-state index is 12.6. The minimum absolute atomic E-state index is 0.126. The molecule has 2 atom stereocenters. The van der Waals surface area contributed by atoms with Crippen LogP contribution in [0.2, 0.25) is 0 Å². The van der Waals surface area contributed by atoms with Gasteiger partial charge in [-0.05, 0) is 37.1 Å². The summed E-state index contributed by atoms with van der Waals surface area (Å²) in [5.41, 5.74) is -0.655. The van der Waals surface area contributed by atoms with Crippen LogP contribution < -0.4 is 10.6 Å². The van der Waals surface area contributed by atoms with Crippen molar-refractivity contribution in [3.63, 3.8) is 0 Å². The molecule has 10 heteroatoms. The van der Waals surface area contributed by atoms with Gasteiger partial charge in [-0.1, -0.05) is 6.92 Å². The second-order valence-electron chi connectivity index (χ2n) is 7.08. The number of alkyl halides is 3. The average molecular weight is 428 g/mol. The number of benzene rings is 1. The van der Waals surface area contributed by atoms with Gasteiger partial charge in [0.2, 0.25) is 0 Å². The van der Waals surface area contributed by atoms with Crippen molar-refractivity contribution in [2.75, 3.05) is 39.8 Å². The topological polar surface area (TPSA) is 83.0 Å². The number of nitrogens with one attached hydrogen (secondary N) is 2. The van der Waals surface area contributed by atoms with E-state index in [9.17, 15) is 22.8 Å². The molecule has 1 amide bonds. The zero-order valence-corrected chi connectivity index (χ0v) is 17.3. The van der Waals surface area contributed by atoms with Crippen molar-refractivity contribution in [2.45, 2.75) is 20.0 Å². The van der Waals surface area contributed by atoms with E-state index in [2.05, 4.69) is 15.6 Å². The first-order chi connectivity index (χ1) is 14.2. The highest BCUT2D eigenvalue weighted by atomic mass is 19.4. The van der Waals surface area contributed by atoms with Crippen LogP contribution in [-0.4, -0.2) is 62.6 Å². The summed E-state index contributed by atoms with van der Waals surface area (Å²) in [5.74, 6) is -0.174. The minimum atomic E-state index is -4.44. The summed E-state index contributed by atoms with van der Waals surface area (Å²) in [6.45, 7) is 6.21. The maximum atomic E-state index is 12.6. The van der Waals surface area contributed by atoms with E-state index in [-0.39, 0.29) is 36.5 Å². The zero-order chi connectivity index (χ0) is 22.3. The normalized spacial score (nSPS) is 19.5. The number of hydrogen-bond acceptors (Lipinski definition) is 4. The van der Waals surface area contributed by atoms with Crippen LogP contribution in [0, 0.1) is 11.8 Å². The molecule has 7 nitrogen and oxygen atoms in total. The van der Waals surface area contributed by atoms with E-state index >= 15 is 0 Å². The smallest absolute Gasteiger partial charge is 0.416 e. The van der Waals surface area contributed by atoms with Crippen LogP contribution >= 0.6 is 0 Å². The fraction of sp³-hybridized carbons (Fsp3) is 0.550. The predicted molar refractivity (Wildman–Crippen MR) is 106 cm³/mol. The number of aliphatic imine (C=N–C) groups is 1. The van der Waals surface area contributed by atoms with Crippen LogP contribution in [0.3, 0.4) is 0 Å². The summed E-state index contributed by atoms with van der Waals surface area (Å²) < 4.78 is 42.6. The van der Waals surface area contributed by atoms with Crippen LogP contribution in [0.4, 0.5) is 13.2 Å². The van der Waals surface area contributed by atoms with Crippen molar-refractivity contribution in [1.29, 1.82) is 0 Å². The van der Waals surface area contributed by atoms with Gasteiger partial charge in [-0.2, -0.15) is 13.2 Å². The maximum Gasteiger partial charge on any atom is 0.416 e. The molecule has 1 aromatic carbocycles. The van der Waals surface area contributed by atoms with Gasteiger partial charge in [0.15, 0.2) is 5.96 Å². The van der Waals surface area contributed by atoms with Gasteiger partial charge in [0.1, 0.15) is 0 Å². The van der Waals surface area contributed by atoms with Crippen LogP contribution in [-0.2, 0) is 15.7 Å². The van der Waals surface area contributed by atoms with Crippen molar-refractivity contribution in [3.8, 4) is 0 Å². The Morgan fingerprint density at radius 2 is 1.87 bits per heavy atom. The number of ether oxygens (including phenoxy) is 1. The van der Waals surface area contributed by atoms with Crippen molar-refractivity contribution >= 4 is 17.8 Å². The average Bonchev–Trinajstić information content (AvgIpc) is 3.10. The molecule has 0 aliphatic carbocycles. The van der Waals surface area contributed by atoms with Gasteiger partial charge in [-0.3, -0.25) is 14.6 Å². The molecule has 0 aromatic heterocycles. The summed E-state index contributed by atoms with van der Waals surface area (Å²) in [4.78, 5) is 30.4. The minimum Gasteiger partial charge on any atom is -0.469 e. The number of halogens is 3. The number of amides is 1. The summed E-state index contributed by atoms with van der Waals surface area (Å²) in [5, 5.41) is 5.81. The molecule has 0 saturated carbocycles. The molecular weight excluding hydrogens is 401 g/mol. The third-order valence-corrected chi connectivity index (χ3v) is 4.88. The first-order valence-corrected chi connectivity index (χ1v) is 9.73. The molecule has 1 fully saturated rings.